The van der Waals surface area contributed by atoms with Crippen LogP contribution in [0.1, 0.15) is 69.7 Å². The summed E-state index contributed by atoms with van der Waals surface area (Å²) in [5.41, 5.74) is 5.03. The third-order valence-electron chi connectivity index (χ3n) is 6.14. The molecule has 1 unspecified atom stereocenters. The molecule has 0 aromatic heterocycles. The second-order valence-electron chi connectivity index (χ2n) is 9.68. The normalized spacial score (nSPS) is 17.2. The predicted octanol–water partition coefficient (Wildman–Crippen LogP) is 6.04. The van der Waals surface area contributed by atoms with Crippen LogP contribution in [0.5, 0.6) is 0 Å². The largest absolute Gasteiger partial charge is 0.457 e. The first-order valence-electron chi connectivity index (χ1n) is 12.3. The van der Waals surface area contributed by atoms with Gasteiger partial charge in [-0.3, -0.25) is 4.79 Å². The van der Waals surface area contributed by atoms with Gasteiger partial charge in [-0.15, -0.1) is 0 Å². The molecule has 1 N–H and O–H groups in total. The number of hydrogen-bond donors (Lipinski definition) is 1. The molecule has 36 heavy (non-hydrogen) atoms. The molecule has 0 bridgehead atoms. The maximum absolute atomic E-state index is 13.5. The number of amides is 1. The van der Waals surface area contributed by atoms with Crippen LogP contribution in [0.3, 0.4) is 0 Å². The van der Waals surface area contributed by atoms with Crippen molar-refractivity contribution in [2.45, 2.75) is 65.6 Å². The minimum absolute atomic E-state index is 0.0479. The highest BCUT2D eigenvalue weighted by Gasteiger charge is 2.41. The van der Waals surface area contributed by atoms with E-state index in [2.05, 4.69) is 43.4 Å². The first kappa shape index (κ1) is 25.8. The molecular formula is C29H33N3O3S. The maximum atomic E-state index is 13.5. The fraction of sp³-hybridized carbons (Fsp3) is 0.345. The van der Waals surface area contributed by atoms with Crippen LogP contribution in [0.15, 0.2) is 82.0 Å². The van der Waals surface area contributed by atoms with E-state index in [-0.39, 0.29) is 25.0 Å². The van der Waals surface area contributed by atoms with Crippen molar-refractivity contribution >= 4 is 28.8 Å². The molecule has 2 aromatic carbocycles. The summed E-state index contributed by atoms with van der Waals surface area (Å²) in [6.45, 7) is 10.2. The van der Waals surface area contributed by atoms with Gasteiger partial charge in [0.15, 0.2) is 5.17 Å². The van der Waals surface area contributed by atoms with Crippen molar-refractivity contribution in [2.24, 2.45) is 4.99 Å². The Morgan fingerprint density at radius 1 is 1.06 bits per heavy atom. The van der Waals surface area contributed by atoms with Crippen LogP contribution in [0.25, 0.3) is 0 Å². The van der Waals surface area contributed by atoms with Crippen LogP contribution < -0.4 is 5.32 Å². The van der Waals surface area contributed by atoms with Gasteiger partial charge in [-0.1, -0.05) is 80.2 Å². The molecule has 0 saturated heterocycles. The average Bonchev–Trinajstić information content (AvgIpc) is 3.23. The second-order valence-corrected chi connectivity index (χ2v) is 10.5. The number of fused-ring (bicyclic) bond motifs is 1. The highest BCUT2D eigenvalue weighted by molar-refractivity contribution is 8.16. The van der Waals surface area contributed by atoms with Gasteiger partial charge in [0.05, 0.1) is 23.7 Å². The van der Waals surface area contributed by atoms with Gasteiger partial charge in [-0.2, -0.15) is 0 Å². The van der Waals surface area contributed by atoms with Gasteiger partial charge in [0.25, 0.3) is 0 Å². The number of hydrogen-bond acceptors (Lipinski definition) is 6. The number of thioether (sulfide) groups is 1. The van der Waals surface area contributed by atoms with Crippen LogP contribution >= 0.6 is 11.8 Å². The Morgan fingerprint density at radius 2 is 1.75 bits per heavy atom. The van der Waals surface area contributed by atoms with Gasteiger partial charge in [0.2, 0.25) is 5.91 Å². The summed E-state index contributed by atoms with van der Waals surface area (Å²) in [5, 5.41) is 5.68. The molecule has 0 saturated carbocycles. The number of allylic oxidation sites excluding steroid dienone is 1. The summed E-state index contributed by atoms with van der Waals surface area (Å²) in [7, 11) is 0. The summed E-state index contributed by atoms with van der Waals surface area (Å²) >= 11 is 1.48. The van der Waals surface area contributed by atoms with E-state index in [1.165, 1.54) is 17.3 Å². The maximum Gasteiger partial charge on any atom is 0.338 e. The Balaban J connectivity index is 1.69. The van der Waals surface area contributed by atoms with Crippen molar-refractivity contribution in [3.63, 3.8) is 0 Å². The molecule has 4 rings (SSSR count). The minimum atomic E-state index is -0.435. The molecule has 0 radical (unpaired) electrons. The van der Waals surface area contributed by atoms with E-state index in [1.54, 1.807) is 0 Å². The Hall–Kier alpha value is -3.32. The molecule has 2 aromatic rings. The van der Waals surface area contributed by atoms with Gasteiger partial charge >= 0.3 is 5.97 Å². The van der Waals surface area contributed by atoms with Crippen molar-refractivity contribution in [1.29, 1.82) is 0 Å². The van der Waals surface area contributed by atoms with Crippen LogP contribution in [-0.2, 0) is 20.9 Å². The van der Waals surface area contributed by atoms with E-state index < -0.39 is 12.0 Å². The molecule has 0 fully saturated rings. The highest BCUT2D eigenvalue weighted by Crippen LogP contribution is 2.45. The number of nitrogens with zero attached hydrogens (tertiary/aromatic N) is 2. The average molecular weight is 504 g/mol. The van der Waals surface area contributed by atoms with Crippen molar-refractivity contribution in [2.75, 3.05) is 0 Å². The Bertz CT molecular complexity index is 1210. The zero-order chi connectivity index (χ0) is 25.8. The first-order chi connectivity index (χ1) is 17.2. The number of ether oxygens (including phenoxy) is 1. The number of carbonyl (C=O) groups excluding carboxylic acids is 2. The third-order valence-corrected chi connectivity index (χ3v) is 7.03. The molecule has 2 aliphatic rings. The SMILES string of the molecule is CC1=C(C(=O)OCc2ccccc2)C(c2ccc(C(C)C)cc2)N2C(CC(=O)NC(C)C)=CSC2=N1. The van der Waals surface area contributed by atoms with E-state index in [4.69, 9.17) is 9.73 Å². The van der Waals surface area contributed by atoms with Crippen LogP contribution in [-0.4, -0.2) is 28.0 Å². The summed E-state index contributed by atoms with van der Waals surface area (Å²) in [4.78, 5) is 32.9. The highest BCUT2D eigenvalue weighted by atomic mass is 32.2. The number of benzene rings is 2. The molecule has 6 nitrogen and oxygen atoms in total. The Morgan fingerprint density at radius 3 is 2.39 bits per heavy atom. The van der Waals surface area contributed by atoms with E-state index >= 15 is 0 Å². The number of nitrogens with one attached hydrogen (secondary N) is 1. The van der Waals surface area contributed by atoms with Gasteiger partial charge in [-0.25, -0.2) is 9.79 Å². The monoisotopic (exact) mass is 503 g/mol. The van der Waals surface area contributed by atoms with Crippen molar-refractivity contribution < 1.29 is 14.3 Å². The van der Waals surface area contributed by atoms with E-state index in [0.29, 0.717) is 17.2 Å². The van der Waals surface area contributed by atoms with E-state index in [1.807, 2.05) is 61.4 Å². The second kappa shape index (κ2) is 11.2. The van der Waals surface area contributed by atoms with Crippen LogP contribution in [0.2, 0.25) is 0 Å². The van der Waals surface area contributed by atoms with Crippen molar-refractivity contribution in [1.82, 2.24) is 10.2 Å². The number of esters is 1. The lowest BCUT2D eigenvalue weighted by molar-refractivity contribution is -0.141. The fourth-order valence-electron chi connectivity index (χ4n) is 4.35. The standard InChI is InChI=1S/C29H33N3O3S/c1-18(2)22-11-13-23(14-12-22)27-26(28(34)35-16-21-9-7-6-8-10-21)20(5)31-29-32(27)24(17-36-29)15-25(33)30-19(3)4/h6-14,17-19,27H,15-16H2,1-5H3,(H,30,33). The van der Waals surface area contributed by atoms with Crippen molar-refractivity contribution in [3.05, 3.63) is 93.7 Å². The zero-order valence-electron chi connectivity index (χ0n) is 21.4. The van der Waals surface area contributed by atoms with Gasteiger partial charge in [0, 0.05) is 11.7 Å². The smallest absolute Gasteiger partial charge is 0.338 e. The lowest BCUT2D eigenvalue weighted by Gasteiger charge is -2.36. The quantitative estimate of drug-likeness (QED) is 0.445. The van der Waals surface area contributed by atoms with E-state index in [9.17, 15) is 9.59 Å². The molecule has 2 heterocycles. The predicted molar refractivity (Wildman–Crippen MR) is 145 cm³/mol. The van der Waals surface area contributed by atoms with Gasteiger partial charge in [-0.05, 0) is 48.8 Å². The zero-order valence-corrected chi connectivity index (χ0v) is 22.3. The molecule has 0 spiro atoms. The third kappa shape index (κ3) is 5.73. The number of amidine groups is 1. The fourth-order valence-corrected chi connectivity index (χ4v) is 5.31. The molecule has 188 valence electrons. The lowest BCUT2D eigenvalue weighted by Crippen LogP contribution is -2.38. The van der Waals surface area contributed by atoms with Crippen LogP contribution in [0, 0.1) is 0 Å². The summed E-state index contributed by atoms with van der Waals surface area (Å²) < 4.78 is 5.77. The first-order valence-corrected chi connectivity index (χ1v) is 13.2. The molecule has 1 amide bonds. The van der Waals surface area contributed by atoms with E-state index in [0.717, 1.165) is 22.0 Å². The Kier molecular flexibility index (Phi) is 7.99. The van der Waals surface area contributed by atoms with Crippen LogP contribution in [0.4, 0.5) is 0 Å². The molecule has 1 atom stereocenters. The summed E-state index contributed by atoms with van der Waals surface area (Å²) in [6, 6.07) is 17.6. The topological polar surface area (TPSA) is 71.0 Å². The van der Waals surface area contributed by atoms with Gasteiger partial charge in [0.1, 0.15) is 6.61 Å². The summed E-state index contributed by atoms with van der Waals surface area (Å²) in [6.07, 6.45) is 0.205. The lowest BCUT2D eigenvalue weighted by atomic mass is 9.92. The number of aliphatic imine (C=N–C) groups is 1. The molecule has 0 aliphatic carbocycles. The molecular weight excluding hydrogens is 470 g/mol. The molecule has 2 aliphatic heterocycles. The van der Waals surface area contributed by atoms with Gasteiger partial charge < -0.3 is 15.0 Å². The summed E-state index contributed by atoms with van der Waals surface area (Å²) in [5.74, 6) is -0.0703. The van der Waals surface area contributed by atoms with Crippen molar-refractivity contribution in [3.8, 4) is 0 Å². The minimum Gasteiger partial charge on any atom is -0.457 e. The number of carbonyl (C=O) groups is 2. The molecule has 7 heteroatoms. The number of rotatable bonds is 8. The Labute approximate surface area is 217 Å².